The van der Waals surface area contributed by atoms with E-state index in [2.05, 4.69) is 0 Å². The van der Waals surface area contributed by atoms with Crippen LogP contribution in [0, 0.1) is 0 Å². The van der Waals surface area contributed by atoms with Crippen molar-refractivity contribution in [2.75, 3.05) is 0 Å². The van der Waals surface area contributed by atoms with Crippen LogP contribution < -0.4 is 0 Å². The third kappa shape index (κ3) is 3.24. The predicted molar refractivity (Wildman–Crippen MR) is 175 cm³/mol. The highest BCUT2D eigenvalue weighted by Crippen LogP contribution is 2.47. The lowest BCUT2D eigenvalue weighted by molar-refractivity contribution is 0.673. The average Bonchev–Trinajstić information content (AvgIpc) is 3.69. The van der Waals surface area contributed by atoms with Gasteiger partial charge in [0, 0.05) is 16.2 Å². The second kappa shape index (κ2) is 8.55. The number of fused-ring (bicyclic) bond motifs is 8. The molecule has 0 N–H and O–H groups in total. The minimum Gasteiger partial charge on any atom is -0.455 e. The summed E-state index contributed by atoms with van der Waals surface area (Å²) in [5.74, 6) is 0. The Labute approximate surface area is 270 Å². The lowest BCUT2D eigenvalue weighted by Gasteiger charge is -2.19. The first-order chi connectivity index (χ1) is 30.3. The molecule has 0 atom stereocenters. The summed E-state index contributed by atoms with van der Waals surface area (Å²) in [7, 11) is 0. The molecule has 190 valence electrons. The Hall–Kier alpha value is -5.40. The number of benzene rings is 8. The Balaban J connectivity index is 1.72. The lowest BCUT2D eigenvalue weighted by Crippen LogP contribution is -1.91. The standard InChI is InChI=1S/C40H24O/c1-2-12-25(13-3-1)38-29-17-7-9-19-31(29)39(32-20-10-8-18-30(32)38)35-24-36-34-22-26-14-4-5-15-27(26)23-37(34)41-40(36)33-21-11-6-16-28(33)35/h1-24H/i1D,2D,3D,4D,5D,6D,7D,8D,9D,10D,11D,12D,13D,14D,15D,16D,17D,18D,19D,20D,21D,22D,23D,24D. The highest BCUT2D eigenvalue weighted by Gasteiger charge is 2.20. The summed E-state index contributed by atoms with van der Waals surface area (Å²) in [5.41, 5.74) is -3.76. The maximum Gasteiger partial charge on any atom is 0.143 e. The smallest absolute Gasteiger partial charge is 0.143 e. The van der Waals surface area contributed by atoms with Crippen molar-refractivity contribution in [2.45, 2.75) is 0 Å². The number of hydrogen-bond donors (Lipinski definition) is 0. The van der Waals surface area contributed by atoms with Crippen molar-refractivity contribution in [3.63, 3.8) is 0 Å². The van der Waals surface area contributed by atoms with Crippen molar-refractivity contribution in [1.82, 2.24) is 0 Å². The van der Waals surface area contributed by atoms with E-state index in [0.29, 0.717) is 0 Å². The van der Waals surface area contributed by atoms with Gasteiger partial charge in [-0.25, -0.2) is 0 Å². The van der Waals surface area contributed by atoms with Crippen LogP contribution in [0.1, 0.15) is 32.9 Å². The summed E-state index contributed by atoms with van der Waals surface area (Å²) in [6.45, 7) is 0. The lowest BCUT2D eigenvalue weighted by atomic mass is 9.84. The molecule has 1 heterocycles. The van der Waals surface area contributed by atoms with Gasteiger partial charge in [0.25, 0.3) is 0 Å². The highest BCUT2D eigenvalue weighted by molar-refractivity contribution is 6.27. The van der Waals surface area contributed by atoms with Gasteiger partial charge in [0.15, 0.2) is 0 Å². The molecule has 9 aromatic rings. The molecule has 9 rings (SSSR count). The normalized spacial score (nSPS) is 20.1. The van der Waals surface area contributed by atoms with Crippen molar-refractivity contribution in [1.29, 1.82) is 0 Å². The molecule has 0 aliphatic carbocycles. The molecule has 0 bridgehead atoms. The maximum atomic E-state index is 10.0. The fourth-order valence-corrected chi connectivity index (χ4v) is 5.22. The monoisotopic (exact) mass is 544 g/mol. The zero-order valence-corrected chi connectivity index (χ0v) is 20.4. The van der Waals surface area contributed by atoms with Gasteiger partial charge < -0.3 is 4.42 Å². The molecule has 0 aliphatic rings. The van der Waals surface area contributed by atoms with Crippen molar-refractivity contribution in [3.05, 3.63) is 145 Å². The van der Waals surface area contributed by atoms with Gasteiger partial charge in [0.05, 0.1) is 32.9 Å². The third-order valence-electron chi connectivity index (χ3n) is 6.87. The number of rotatable bonds is 2. The largest absolute Gasteiger partial charge is 0.455 e. The summed E-state index contributed by atoms with van der Waals surface area (Å²) in [4.78, 5) is 0. The van der Waals surface area contributed by atoms with Gasteiger partial charge in [0.2, 0.25) is 0 Å². The van der Waals surface area contributed by atoms with Crippen LogP contribution in [0.3, 0.4) is 0 Å². The first-order valence-corrected chi connectivity index (χ1v) is 12.2. The van der Waals surface area contributed by atoms with E-state index in [1.165, 1.54) is 0 Å². The number of furan rings is 1. The van der Waals surface area contributed by atoms with Crippen LogP contribution in [0.25, 0.3) is 87.3 Å². The van der Waals surface area contributed by atoms with E-state index in [-0.39, 0.29) is 0 Å². The van der Waals surface area contributed by atoms with E-state index in [1.807, 2.05) is 0 Å². The molecular formula is C40H24O. The minimum atomic E-state index is -0.948. The van der Waals surface area contributed by atoms with Gasteiger partial charge in [0.1, 0.15) is 11.2 Å². The van der Waals surface area contributed by atoms with E-state index in [9.17, 15) is 11.0 Å². The fourth-order valence-electron chi connectivity index (χ4n) is 5.22. The van der Waals surface area contributed by atoms with Crippen molar-refractivity contribution in [3.8, 4) is 22.3 Å². The van der Waals surface area contributed by atoms with Gasteiger partial charge in [-0.1, -0.05) is 127 Å². The molecule has 0 fully saturated rings. The maximum absolute atomic E-state index is 10.0. The predicted octanol–water partition coefficient (Wildman–Crippen LogP) is 11.5. The van der Waals surface area contributed by atoms with Crippen LogP contribution in [0.5, 0.6) is 0 Å². The van der Waals surface area contributed by atoms with Gasteiger partial charge >= 0.3 is 0 Å². The van der Waals surface area contributed by atoms with Crippen LogP contribution in [0.2, 0.25) is 0 Å². The fraction of sp³-hybridized carbons (Fsp3) is 0. The zero-order valence-electron chi connectivity index (χ0n) is 44.4. The molecule has 0 amide bonds. The molecular weight excluding hydrogens is 496 g/mol. The van der Waals surface area contributed by atoms with Gasteiger partial charge in [-0.2, -0.15) is 0 Å². The third-order valence-corrected chi connectivity index (χ3v) is 6.87. The van der Waals surface area contributed by atoms with E-state index in [1.54, 1.807) is 0 Å². The number of hydrogen-bond acceptors (Lipinski definition) is 1. The molecule has 0 spiro atoms. The van der Waals surface area contributed by atoms with Crippen LogP contribution >= 0.6 is 0 Å². The average molecular weight is 545 g/mol. The SMILES string of the molecule is [2H]c1c([2H])c([2H])c(-c2c3c([2H])c([2H])c([2H])c([2H])c3c(-c3c([2H])c4c(oc5c([2H])c6c([2H])c([2H])c([2H])c([2H])c6c([2H])c54)c4c([2H])c([2H])c([2H])c([2H])c34)c3c([2H])c([2H])c([2H])c([2H])c23)c([2H])c1[2H]. The van der Waals surface area contributed by atoms with Crippen LogP contribution in [0.4, 0.5) is 0 Å². The molecule has 41 heavy (non-hydrogen) atoms. The van der Waals surface area contributed by atoms with E-state index in [4.69, 9.17) is 26.3 Å². The van der Waals surface area contributed by atoms with Gasteiger partial charge in [-0.05, 0) is 78.1 Å². The summed E-state index contributed by atoms with van der Waals surface area (Å²) in [6.07, 6.45) is 0. The van der Waals surface area contributed by atoms with Crippen LogP contribution in [-0.2, 0) is 0 Å². The molecule has 1 heteroatoms. The Morgan fingerprint density at radius 3 is 1.56 bits per heavy atom. The molecule has 8 aromatic carbocycles. The Bertz CT molecular complexity index is 3710. The van der Waals surface area contributed by atoms with E-state index >= 15 is 0 Å². The Morgan fingerprint density at radius 2 is 0.902 bits per heavy atom. The molecule has 0 aliphatic heterocycles. The van der Waals surface area contributed by atoms with Crippen LogP contribution in [0.15, 0.2) is 149 Å². The molecule has 0 unspecified atom stereocenters. The van der Waals surface area contributed by atoms with Crippen molar-refractivity contribution >= 4 is 65.0 Å². The zero-order chi connectivity index (χ0) is 47.8. The van der Waals surface area contributed by atoms with Crippen molar-refractivity contribution < 1.29 is 37.3 Å². The van der Waals surface area contributed by atoms with Gasteiger partial charge in [-0.3, -0.25) is 0 Å². The Morgan fingerprint density at radius 1 is 0.390 bits per heavy atom. The second-order valence-corrected chi connectivity index (χ2v) is 9.01. The van der Waals surface area contributed by atoms with Crippen molar-refractivity contribution in [2.24, 2.45) is 0 Å². The quantitative estimate of drug-likeness (QED) is 0.197. The molecule has 0 saturated heterocycles. The summed E-state index contributed by atoms with van der Waals surface area (Å²) in [5, 5.41) is -5.66. The van der Waals surface area contributed by atoms with Crippen LogP contribution in [-0.4, -0.2) is 0 Å². The van der Waals surface area contributed by atoms with Gasteiger partial charge in [-0.15, -0.1) is 0 Å². The summed E-state index contributed by atoms with van der Waals surface area (Å²) >= 11 is 0. The summed E-state index contributed by atoms with van der Waals surface area (Å²) in [6, 6.07) is -20.7. The first kappa shape index (κ1) is 9.33. The molecule has 1 nitrogen and oxygen atoms in total. The topological polar surface area (TPSA) is 13.1 Å². The van der Waals surface area contributed by atoms with E-state index in [0.717, 1.165) is 0 Å². The first-order valence-electron chi connectivity index (χ1n) is 24.2. The second-order valence-electron chi connectivity index (χ2n) is 9.01. The molecule has 0 radical (unpaired) electrons. The van der Waals surface area contributed by atoms with E-state index < -0.39 is 232 Å². The molecule has 1 aromatic heterocycles. The molecule has 0 saturated carbocycles. The Kier molecular flexibility index (Phi) is 1.94. The minimum absolute atomic E-state index is 0.447. The highest BCUT2D eigenvalue weighted by atomic mass is 16.3. The summed E-state index contributed by atoms with van der Waals surface area (Å²) < 4.78 is 220.